The Hall–Kier alpha value is -1.75. The number of nitrogens with one attached hydrogen (secondary N) is 1. The first-order chi connectivity index (χ1) is 10.9. The summed E-state index contributed by atoms with van der Waals surface area (Å²) in [6.07, 6.45) is 0. The fourth-order valence-corrected chi connectivity index (χ4v) is 3.75. The number of nitrogens with zero attached hydrogens (tertiary/aromatic N) is 3. The van der Waals surface area contributed by atoms with Gasteiger partial charge < -0.3 is 10.2 Å². The minimum Gasteiger partial charge on any atom is -0.339 e. The fraction of sp³-hybridized carbons (Fsp3) is 0.462. The van der Waals surface area contributed by atoms with Crippen LogP contribution in [0.15, 0.2) is 29.2 Å². The van der Waals surface area contributed by atoms with E-state index < -0.39 is 14.9 Å². The molecule has 1 amide bonds. The van der Waals surface area contributed by atoms with Gasteiger partial charge in [0.1, 0.15) is 0 Å². The highest BCUT2D eigenvalue weighted by Crippen LogP contribution is 2.20. The van der Waals surface area contributed by atoms with Crippen molar-refractivity contribution in [3.63, 3.8) is 0 Å². The predicted molar refractivity (Wildman–Crippen MR) is 89.6 cm³/mol. The highest BCUT2D eigenvalue weighted by Gasteiger charge is 2.30. The second-order valence-corrected chi connectivity index (χ2v) is 7.00. The summed E-state index contributed by atoms with van der Waals surface area (Å²) in [5.74, 6) is -0.0696. The normalized spacial score (nSPS) is 15.6. The van der Waals surface area contributed by atoms with Crippen LogP contribution < -0.4 is 5.32 Å². The molecule has 9 nitrogen and oxygen atoms in total. The molecule has 1 aliphatic heterocycles. The number of piperazine rings is 1. The van der Waals surface area contributed by atoms with Crippen molar-refractivity contribution >= 4 is 34.0 Å². The summed E-state index contributed by atoms with van der Waals surface area (Å²) in [5, 5.41) is 13.4. The molecule has 0 bridgehead atoms. The fourth-order valence-electron chi connectivity index (χ4n) is 2.33. The molecule has 0 unspecified atom stereocenters. The second-order valence-electron chi connectivity index (χ2n) is 5.07. The predicted octanol–water partition coefficient (Wildman–Crippen LogP) is 0.0689. The molecule has 2 rings (SSSR count). The van der Waals surface area contributed by atoms with E-state index in [1.807, 2.05) is 0 Å². The van der Waals surface area contributed by atoms with Crippen LogP contribution >= 0.6 is 12.4 Å². The lowest BCUT2D eigenvalue weighted by Gasteiger charge is -2.34. The molecule has 1 saturated heterocycles. The van der Waals surface area contributed by atoms with Gasteiger partial charge in [-0.3, -0.25) is 14.9 Å². The van der Waals surface area contributed by atoms with Crippen LogP contribution in [-0.4, -0.2) is 68.2 Å². The highest BCUT2D eigenvalue weighted by atomic mass is 35.5. The Morgan fingerprint density at radius 1 is 1.21 bits per heavy atom. The molecule has 0 spiro atoms. The van der Waals surface area contributed by atoms with E-state index >= 15 is 0 Å². The van der Waals surface area contributed by atoms with Gasteiger partial charge in [-0.1, -0.05) is 0 Å². The lowest BCUT2D eigenvalue weighted by molar-refractivity contribution is -0.384. The number of carbonyl (C=O) groups is 1. The summed E-state index contributed by atoms with van der Waals surface area (Å²) < 4.78 is 26.3. The molecule has 1 heterocycles. The summed E-state index contributed by atoms with van der Waals surface area (Å²) >= 11 is 0. The number of nitro benzene ring substituents is 1. The molecule has 1 fully saturated rings. The van der Waals surface area contributed by atoms with E-state index in [1.54, 1.807) is 11.9 Å². The molecule has 134 valence electrons. The quantitative estimate of drug-likeness (QED) is 0.573. The van der Waals surface area contributed by atoms with Crippen molar-refractivity contribution in [3.8, 4) is 0 Å². The van der Waals surface area contributed by atoms with Gasteiger partial charge in [-0.05, 0) is 19.2 Å². The van der Waals surface area contributed by atoms with E-state index in [0.29, 0.717) is 13.1 Å². The van der Waals surface area contributed by atoms with Crippen molar-refractivity contribution in [1.82, 2.24) is 14.5 Å². The largest absolute Gasteiger partial charge is 0.339 e. The first-order valence-electron chi connectivity index (χ1n) is 7.03. The van der Waals surface area contributed by atoms with Crippen molar-refractivity contribution < 1.29 is 18.1 Å². The van der Waals surface area contributed by atoms with Crippen LogP contribution in [0, 0.1) is 10.1 Å². The highest BCUT2D eigenvalue weighted by molar-refractivity contribution is 7.89. The summed E-state index contributed by atoms with van der Waals surface area (Å²) in [6, 6.07) is 4.79. The first-order valence-corrected chi connectivity index (χ1v) is 8.47. The Morgan fingerprint density at radius 3 is 2.21 bits per heavy atom. The zero-order chi connectivity index (χ0) is 17.0. The van der Waals surface area contributed by atoms with Gasteiger partial charge in [-0.25, -0.2) is 8.42 Å². The number of hydrogen-bond donors (Lipinski definition) is 1. The SMILES string of the molecule is CNCC(=O)N1CCN(S(=O)(=O)c2ccc([N+](=O)[O-])cc2)CC1.Cl. The Bertz CT molecular complexity index is 687. The number of likely N-dealkylation sites (N-methyl/N-ethyl adjacent to an activating group) is 1. The van der Waals surface area contributed by atoms with E-state index in [2.05, 4.69) is 5.32 Å². The van der Waals surface area contributed by atoms with Crippen LogP contribution in [0.1, 0.15) is 0 Å². The van der Waals surface area contributed by atoms with Gasteiger partial charge >= 0.3 is 0 Å². The molecule has 0 aliphatic carbocycles. The molecule has 1 N–H and O–H groups in total. The van der Waals surface area contributed by atoms with Crippen LogP contribution in [0.2, 0.25) is 0 Å². The van der Waals surface area contributed by atoms with E-state index in [0.717, 1.165) is 0 Å². The monoisotopic (exact) mass is 378 g/mol. The van der Waals surface area contributed by atoms with Crippen molar-refractivity contribution in [2.24, 2.45) is 0 Å². The Balaban J connectivity index is 0.00000288. The minimum absolute atomic E-state index is 0. The zero-order valence-corrected chi connectivity index (χ0v) is 14.7. The van der Waals surface area contributed by atoms with Gasteiger partial charge in [0, 0.05) is 38.3 Å². The summed E-state index contributed by atoms with van der Waals surface area (Å²) in [4.78, 5) is 23.4. The minimum atomic E-state index is -3.71. The molecule has 1 aromatic rings. The number of benzene rings is 1. The lowest BCUT2D eigenvalue weighted by atomic mass is 10.3. The van der Waals surface area contributed by atoms with Crippen LogP contribution in [0.4, 0.5) is 5.69 Å². The first kappa shape index (κ1) is 20.3. The average molecular weight is 379 g/mol. The van der Waals surface area contributed by atoms with E-state index in [9.17, 15) is 23.3 Å². The maximum absolute atomic E-state index is 12.5. The van der Waals surface area contributed by atoms with Crippen molar-refractivity contribution in [1.29, 1.82) is 0 Å². The maximum Gasteiger partial charge on any atom is 0.269 e. The van der Waals surface area contributed by atoms with Gasteiger partial charge in [-0.2, -0.15) is 4.31 Å². The summed E-state index contributed by atoms with van der Waals surface area (Å²) in [5.41, 5.74) is -0.161. The molecular formula is C13H19ClN4O5S. The van der Waals surface area contributed by atoms with Crippen molar-refractivity contribution in [2.75, 3.05) is 39.8 Å². The van der Waals surface area contributed by atoms with Gasteiger partial charge in [0.05, 0.1) is 16.4 Å². The molecule has 1 aliphatic rings. The number of nitro groups is 1. The average Bonchev–Trinajstić information content (AvgIpc) is 2.55. The molecule has 0 aromatic heterocycles. The van der Waals surface area contributed by atoms with Crippen LogP contribution in [-0.2, 0) is 14.8 Å². The van der Waals surface area contributed by atoms with Crippen LogP contribution in [0.5, 0.6) is 0 Å². The molecule has 0 saturated carbocycles. The van der Waals surface area contributed by atoms with Gasteiger partial charge in [0.25, 0.3) is 5.69 Å². The Labute approximate surface area is 146 Å². The summed E-state index contributed by atoms with van der Waals surface area (Å²) in [6.45, 7) is 1.28. The van der Waals surface area contributed by atoms with Gasteiger partial charge in [-0.15, -0.1) is 12.4 Å². The van der Waals surface area contributed by atoms with E-state index in [1.165, 1.54) is 28.6 Å². The smallest absolute Gasteiger partial charge is 0.269 e. The zero-order valence-electron chi connectivity index (χ0n) is 13.0. The molecule has 11 heteroatoms. The number of hydrogen-bond acceptors (Lipinski definition) is 6. The number of halogens is 1. The number of rotatable bonds is 5. The second kappa shape index (κ2) is 8.38. The number of amides is 1. The van der Waals surface area contributed by atoms with Gasteiger partial charge in [0.2, 0.25) is 15.9 Å². The topological polar surface area (TPSA) is 113 Å². The van der Waals surface area contributed by atoms with Crippen molar-refractivity contribution in [3.05, 3.63) is 34.4 Å². The Morgan fingerprint density at radius 2 is 1.75 bits per heavy atom. The molecule has 1 aromatic carbocycles. The van der Waals surface area contributed by atoms with E-state index in [4.69, 9.17) is 0 Å². The molecular weight excluding hydrogens is 360 g/mol. The van der Waals surface area contributed by atoms with Crippen molar-refractivity contribution in [2.45, 2.75) is 4.90 Å². The van der Waals surface area contributed by atoms with E-state index in [-0.39, 0.29) is 48.5 Å². The Kier molecular flexibility index (Phi) is 7.08. The third-order valence-corrected chi connectivity index (χ3v) is 5.52. The number of non-ortho nitro benzene ring substituents is 1. The van der Waals surface area contributed by atoms with Gasteiger partial charge in [0.15, 0.2) is 0 Å². The lowest BCUT2D eigenvalue weighted by Crippen LogP contribution is -2.52. The van der Waals surface area contributed by atoms with Crippen LogP contribution in [0.25, 0.3) is 0 Å². The standard InChI is InChI=1S/C13H18N4O5S.ClH/c1-14-10-13(18)15-6-8-16(9-7-15)23(21,22)12-4-2-11(3-5-12)17(19)20;/h2-5,14H,6-10H2,1H3;1H. The maximum atomic E-state index is 12.5. The molecule has 0 radical (unpaired) electrons. The summed E-state index contributed by atoms with van der Waals surface area (Å²) in [7, 11) is -2.03. The third kappa shape index (κ3) is 4.41. The number of carbonyl (C=O) groups excluding carboxylic acids is 1. The molecule has 24 heavy (non-hydrogen) atoms. The van der Waals surface area contributed by atoms with Crippen LogP contribution in [0.3, 0.4) is 0 Å². The molecule has 0 atom stereocenters. The third-order valence-electron chi connectivity index (χ3n) is 3.60. The number of sulfonamides is 1.